The third kappa shape index (κ3) is 3.96. The van der Waals surface area contributed by atoms with Gasteiger partial charge in [-0.25, -0.2) is 19.4 Å². The minimum atomic E-state index is -4.50. The van der Waals surface area contributed by atoms with Crippen LogP contribution < -0.4 is 5.56 Å². The maximum Gasteiger partial charge on any atom is 0.417 e. The molecule has 0 bridgehead atoms. The van der Waals surface area contributed by atoms with Gasteiger partial charge in [0.1, 0.15) is 17.8 Å². The van der Waals surface area contributed by atoms with E-state index in [1.807, 2.05) is 0 Å². The highest BCUT2D eigenvalue weighted by Gasteiger charge is 2.31. The van der Waals surface area contributed by atoms with Gasteiger partial charge >= 0.3 is 12.1 Å². The molecule has 0 radical (unpaired) electrons. The van der Waals surface area contributed by atoms with E-state index in [2.05, 4.69) is 15.1 Å². The molecule has 0 unspecified atom stereocenters. The number of rotatable bonds is 4. The van der Waals surface area contributed by atoms with Crippen molar-refractivity contribution in [3.63, 3.8) is 0 Å². The first kappa shape index (κ1) is 21.2. The number of carbonyl (C=O) groups excluding carboxylic acids is 1. The Hall–Kier alpha value is -4.02. The normalized spacial score (nSPS) is 11.7. The van der Waals surface area contributed by atoms with Gasteiger partial charge in [0.05, 0.1) is 23.1 Å². The summed E-state index contributed by atoms with van der Waals surface area (Å²) in [6.07, 6.45) is -2.57. The van der Waals surface area contributed by atoms with E-state index in [0.717, 1.165) is 17.8 Å². The van der Waals surface area contributed by atoms with Crippen LogP contribution in [0.2, 0.25) is 0 Å². The van der Waals surface area contributed by atoms with Crippen molar-refractivity contribution in [1.29, 1.82) is 0 Å². The van der Waals surface area contributed by atoms with E-state index in [0.29, 0.717) is 17.5 Å². The van der Waals surface area contributed by atoms with Gasteiger partial charge in [0, 0.05) is 18.0 Å². The van der Waals surface area contributed by atoms with Crippen LogP contribution in [0.3, 0.4) is 0 Å². The monoisotopic (exact) mass is 443 g/mol. The molecule has 0 fully saturated rings. The molecule has 8 nitrogen and oxygen atoms in total. The number of pyridine rings is 2. The van der Waals surface area contributed by atoms with E-state index < -0.39 is 17.7 Å². The molecule has 0 saturated heterocycles. The first-order chi connectivity index (χ1) is 15.1. The molecule has 4 rings (SSSR count). The van der Waals surface area contributed by atoms with E-state index >= 15 is 0 Å². The number of nitrogens with zero attached hydrogens (tertiary/aromatic N) is 5. The first-order valence-electron chi connectivity index (χ1n) is 9.39. The van der Waals surface area contributed by atoms with Crippen molar-refractivity contribution in [3.05, 3.63) is 87.4 Å². The second kappa shape index (κ2) is 7.91. The summed E-state index contributed by atoms with van der Waals surface area (Å²) >= 11 is 0. The number of alkyl halides is 3. The van der Waals surface area contributed by atoms with Gasteiger partial charge < -0.3 is 4.74 Å². The predicted molar refractivity (Wildman–Crippen MR) is 106 cm³/mol. The van der Waals surface area contributed by atoms with E-state index in [9.17, 15) is 22.8 Å². The minimum absolute atomic E-state index is 0.111. The summed E-state index contributed by atoms with van der Waals surface area (Å²) in [4.78, 5) is 32.9. The Morgan fingerprint density at radius 3 is 2.59 bits per heavy atom. The Kier molecular flexibility index (Phi) is 5.25. The second-order valence-electron chi connectivity index (χ2n) is 6.98. The van der Waals surface area contributed by atoms with Crippen LogP contribution in [-0.4, -0.2) is 30.1 Å². The lowest BCUT2D eigenvalue weighted by molar-refractivity contribution is -0.137. The molecular formula is C21H16F3N5O3. The van der Waals surface area contributed by atoms with Crippen LogP contribution in [-0.2, 0) is 17.5 Å². The molecule has 11 heteroatoms. The Morgan fingerprint density at radius 1 is 1.12 bits per heavy atom. The average molecular weight is 443 g/mol. The Balaban J connectivity index is 1.52. The number of aromatic nitrogens is 5. The van der Waals surface area contributed by atoms with Crippen molar-refractivity contribution in [3.8, 4) is 5.82 Å². The summed E-state index contributed by atoms with van der Waals surface area (Å²) in [5.74, 6) is -0.596. The standard InChI is InChI=1S/C21H16F3N5O3/c1-12-4-3-5-18-27-15(8-19(30)28(12)18)11-32-20(31)16-10-26-29(13(16)2)17-7-6-14(9-25-17)21(22,23)24/h3-10H,11H2,1-2H3. The second-order valence-corrected chi connectivity index (χ2v) is 6.98. The summed E-state index contributed by atoms with van der Waals surface area (Å²) in [5.41, 5.74) is 0.702. The number of hydrogen-bond acceptors (Lipinski definition) is 6. The van der Waals surface area contributed by atoms with Gasteiger partial charge in [-0.1, -0.05) is 6.07 Å². The summed E-state index contributed by atoms with van der Waals surface area (Å²) in [6, 6.07) is 8.54. The van der Waals surface area contributed by atoms with Gasteiger partial charge in [0.15, 0.2) is 5.82 Å². The Labute approximate surface area is 178 Å². The lowest BCUT2D eigenvalue weighted by atomic mass is 10.2. The zero-order valence-corrected chi connectivity index (χ0v) is 16.9. The Bertz CT molecular complexity index is 1370. The Morgan fingerprint density at radius 2 is 1.91 bits per heavy atom. The summed E-state index contributed by atoms with van der Waals surface area (Å²) in [5, 5.41) is 4.02. The van der Waals surface area contributed by atoms with E-state index in [1.165, 1.54) is 21.3 Å². The van der Waals surface area contributed by atoms with Crippen LogP contribution >= 0.6 is 0 Å². The van der Waals surface area contributed by atoms with Crippen molar-refractivity contribution >= 4 is 11.6 Å². The molecule has 0 aliphatic carbocycles. The highest BCUT2D eigenvalue weighted by molar-refractivity contribution is 5.90. The van der Waals surface area contributed by atoms with Crippen molar-refractivity contribution < 1.29 is 22.7 Å². The predicted octanol–water partition coefficient (Wildman–Crippen LogP) is 3.27. The lowest BCUT2D eigenvalue weighted by Gasteiger charge is -2.09. The van der Waals surface area contributed by atoms with Crippen LogP contribution in [0.5, 0.6) is 0 Å². The van der Waals surface area contributed by atoms with Crippen LogP contribution in [0.25, 0.3) is 11.5 Å². The molecular weight excluding hydrogens is 427 g/mol. The summed E-state index contributed by atoms with van der Waals surface area (Å²) < 4.78 is 46.1. The molecule has 0 N–H and O–H groups in total. The van der Waals surface area contributed by atoms with E-state index in [1.54, 1.807) is 32.0 Å². The third-order valence-corrected chi connectivity index (χ3v) is 4.81. The van der Waals surface area contributed by atoms with Crippen LogP contribution in [0.4, 0.5) is 13.2 Å². The summed E-state index contributed by atoms with van der Waals surface area (Å²) in [6.45, 7) is 3.11. The van der Waals surface area contributed by atoms with Crippen LogP contribution in [0, 0.1) is 13.8 Å². The van der Waals surface area contributed by atoms with Gasteiger partial charge in [-0.15, -0.1) is 0 Å². The number of aryl methyl sites for hydroxylation is 1. The number of carbonyl (C=O) groups is 1. The van der Waals surface area contributed by atoms with Crippen molar-refractivity contribution in [2.45, 2.75) is 26.6 Å². The number of hydrogen-bond donors (Lipinski definition) is 0. The van der Waals surface area contributed by atoms with E-state index in [-0.39, 0.29) is 29.2 Å². The van der Waals surface area contributed by atoms with Gasteiger partial charge in [0.25, 0.3) is 5.56 Å². The molecule has 32 heavy (non-hydrogen) atoms. The van der Waals surface area contributed by atoms with Crippen LogP contribution in [0.15, 0.2) is 53.6 Å². The first-order valence-corrected chi connectivity index (χ1v) is 9.39. The number of ether oxygens (including phenoxy) is 1. The number of fused-ring (bicyclic) bond motifs is 1. The fourth-order valence-electron chi connectivity index (χ4n) is 3.17. The maximum atomic E-state index is 12.7. The largest absolute Gasteiger partial charge is 0.455 e. The molecule has 4 heterocycles. The minimum Gasteiger partial charge on any atom is -0.455 e. The topological polar surface area (TPSA) is 91.4 Å². The van der Waals surface area contributed by atoms with E-state index in [4.69, 9.17) is 4.74 Å². The molecule has 0 atom stereocenters. The quantitative estimate of drug-likeness (QED) is 0.450. The molecule has 0 amide bonds. The van der Waals surface area contributed by atoms with Crippen molar-refractivity contribution in [1.82, 2.24) is 24.1 Å². The number of halogens is 3. The van der Waals surface area contributed by atoms with Gasteiger partial charge in [-0.3, -0.25) is 9.20 Å². The molecule has 4 aromatic heterocycles. The smallest absolute Gasteiger partial charge is 0.417 e. The van der Waals surface area contributed by atoms with Gasteiger partial charge in [-0.2, -0.15) is 18.3 Å². The SMILES string of the molecule is Cc1c(C(=O)OCc2cc(=O)n3c(C)cccc3n2)cnn1-c1ccc(C(F)(F)F)cn1. The molecule has 0 saturated carbocycles. The molecule has 164 valence electrons. The zero-order valence-electron chi connectivity index (χ0n) is 16.9. The fourth-order valence-corrected chi connectivity index (χ4v) is 3.17. The molecule has 4 aromatic rings. The van der Waals surface area contributed by atoms with Crippen LogP contribution in [0.1, 0.15) is 33.0 Å². The fraction of sp³-hybridized carbons (Fsp3) is 0.190. The van der Waals surface area contributed by atoms with Crippen molar-refractivity contribution in [2.24, 2.45) is 0 Å². The van der Waals surface area contributed by atoms with Gasteiger partial charge in [-0.05, 0) is 38.1 Å². The highest BCUT2D eigenvalue weighted by atomic mass is 19.4. The zero-order chi connectivity index (χ0) is 23.0. The maximum absolute atomic E-state index is 12.7. The van der Waals surface area contributed by atoms with Gasteiger partial charge in [0.2, 0.25) is 0 Å². The highest BCUT2D eigenvalue weighted by Crippen LogP contribution is 2.28. The molecule has 0 aliphatic rings. The lowest BCUT2D eigenvalue weighted by Crippen LogP contribution is -2.18. The third-order valence-electron chi connectivity index (χ3n) is 4.81. The number of esters is 1. The summed E-state index contributed by atoms with van der Waals surface area (Å²) in [7, 11) is 0. The van der Waals surface area contributed by atoms with Crippen molar-refractivity contribution in [2.75, 3.05) is 0 Å². The molecule has 0 spiro atoms. The average Bonchev–Trinajstić information content (AvgIpc) is 3.12. The molecule has 0 aromatic carbocycles. The molecule has 0 aliphatic heterocycles.